The molecule has 0 saturated carbocycles. The van der Waals surface area contributed by atoms with E-state index in [2.05, 4.69) is 172 Å². The Bertz CT molecular complexity index is 2700. The lowest BCUT2D eigenvalue weighted by molar-refractivity contribution is 0.660. The molecule has 1 spiro atoms. The number of aromatic nitrogens is 2. The van der Waals surface area contributed by atoms with Gasteiger partial charge in [-0.25, -0.2) is 9.97 Å². The molecule has 1 aromatic heterocycles. The van der Waals surface area contributed by atoms with Gasteiger partial charge in [0.15, 0.2) is 5.82 Å². The summed E-state index contributed by atoms with van der Waals surface area (Å²) in [5, 5.41) is 1.06. The Morgan fingerprint density at radius 1 is 0.360 bits per heavy atom. The van der Waals surface area contributed by atoms with Gasteiger partial charge < -0.3 is 0 Å². The minimum Gasteiger partial charge on any atom is -0.228 e. The molecule has 1 heterocycles. The van der Waals surface area contributed by atoms with Gasteiger partial charge in [0.1, 0.15) is 0 Å². The molecule has 2 nitrogen and oxygen atoms in total. The van der Waals surface area contributed by atoms with Crippen molar-refractivity contribution in [2.45, 2.75) is 24.7 Å². The maximum atomic E-state index is 5.58. The van der Waals surface area contributed by atoms with E-state index in [9.17, 15) is 0 Å². The smallest absolute Gasteiger partial charge is 0.161 e. The highest BCUT2D eigenvalue weighted by Gasteiger charge is 2.52. The SMILES string of the molecule is CC1(C)c2ccccc2-c2c(-c3nc(-c4cccc5c4-c4ccccc4C54c5ccccc5-c5ccccc54)nc4ccccc34)cccc21. The number of para-hydroxylation sites is 1. The van der Waals surface area contributed by atoms with E-state index in [1.54, 1.807) is 0 Å². The fourth-order valence-corrected chi connectivity index (χ4v) is 9.68. The largest absolute Gasteiger partial charge is 0.228 e. The summed E-state index contributed by atoms with van der Waals surface area (Å²) in [6, 6.07) is 57.8. The van der Waals surface area contributed by atoms with E-state index in [0.717, 1.165) is 33.5 Å². The van der Waals surface area contributed by atoms with Crippen LogP contribution < -0.4 is 0 Å². The Hall–Kier alpha value is -6.12. The first-order valence-electron chi connectivity index (χ1n) is 17.5. The fraction of sp³-hybridized carbons (Fsp3) is 0.0833. The minimum absolute atomic E-state index is 0.0975. The van der Waals surface area contributed by atoms with E-state index >= 15 is 0 Å². The van der Waals surface area contributed by atoms with Gasteiger partial charge in [-0.2, -0.15) is 0 Å². The highest BCUT2D eigenvalue weighted by Crippen LogP contribution is 2.64. The second kappa shape index (κ2) is 9.74. The summed E-state index contributed by atoms with van der Waals surface area (Å²) < 4.78 is 0. The van der Waals surface area contributed by atoms with Gasteiger partial charge in [-0.3, -0.25) is 0 Å². The molecule has 0 aliphatic heterocycles. The monoisotopic (exact) mass is 636 g/mol. The maximum Gasteiger partial charge on any atom is 0.161 e. The van der Waals surface area contributed by atoms with E-state index in [4.69, 9.17) is 9.97 Å². The molecule has 0 N–H and O–H groups in total. The molecule has 0 unspecified atom stereocenters. The molecule has 0 radical (unpaired) electrons. The first-order valence-corrected chi connectivity index (χ1v) is 17.5. The van der Waals surface area contributed by atoms with Crippen LogP contribution in [0, 0.1) is 0 Å². The second-order valence-corrected chi connectivity index (χ2v) is 14.4. The Morgan fingerprint density at radius 2 is 0.820 bits per heavy atom. The molecule has 0 atom stereocenters. The van der Waals surface area contributed by atoms with Crippen LogP contribution in [0.1, 0.15) is 47.2 Å². The second-order valence-electron chi connectivity index (χ2n) is 14.4. The number of hydrogen-bond acceptors (Lipinski definition) is 2. The van der Waals surface area contributed by atoms with Crippen molar-refractivity contribution in [3.8, 4) is 56.0 Å². The van der Waals surface area contributed by atoms with Crippen LogP contribution in [-0.4, -0.2) is 9.97 Å². The standard InChI is InChI=1S/C48H32N2/c1-47(2)36-22-8-5-17-31(36)43-34(20-13-26-40(43)47)45-33-19-7-12-28-42(33)49-46(50-45)35-21-14-27-41-44(35)32-18-6-11-25-39(32)48(41)37-23-9-3-15-29(37)30-16-4-10-24-38(30)48/h3-28H,1-2H3. The van der Waals surface area contributed by atoms with E-state index in [0.29, 0.717) is 0 Å². The van der Waals surface area contributed by atoms with Gasteiger partial charge in [0.05, 0.1) is 16.6 Å². The Kier molecular flexibility index (Phi) is 5.41. The lowest BCUT2D eigenvalue weighted by atomic mass is 9.70. The quantitative estimate of drug-likeness (QED) is 0.189. The third-order valence-electron chi connectivity index (χ3n) is 11.7. The molecule has 0 fully saturated rings. The van der Waals surface area contributed by atoms with Crippen molar-refractivity contribution in [2.24, 2.45) is 0 Å². The maximum absolute atomic E-state index is 5.58. The zero-order chi connectivity index (χ0) is 33.2. The van der Waals surface area contributed by atoms with Gasteiger partial charge in [-0.1, -0.05) is 166 Å². The van der Waals surface area contributed by atoms with Crippen molar-refractivity contribution in [1.29, 1.82) is 0 Å². The van der Waals surface area contributed by atoms with E-state index in [1.807, 2.05) is 0 Å². The summed E-state index contributed by atoms with van der Waals surface area (Å²) in [6.07, 6.45) is 0. The third-order valence-corrected chi connectivity index (χ3v) is 11.7. The molecule has 11 rings (SSSR count). The Labute approximate surface area is 291 Å². The Balaban J connectivity index is 1.22. The van der Waals surface area contributed by atoms with Gasteiger partial charge >= 0.3 is 0 Å². The van der Waals surface area contributed by atoms with Crippen molar-refractivity contribution in [2.75, 3.05) is 0 Å². The van der Waals surface area contributed by atoms with E-state index in [-0.39, 0.29) is 5.41 Å². The molecule has 0 bridgehead atoms. The average Bonchev–Trinajstić information content (AvgIpc) is 3.73. The highest BCUT2D eigenvalue weighted by atomic mass is 14.9. The van der Waals surface area contributed by atoms with Crippen LogP contribution in [0.4, 0.5) is 0 Å². The normalized spacial score (nSPS) is 14.9. The van der Waals surface area contributed by atoms with Crippen LogP contribution in [0.5, 0.6) is 0 Å². The molecule has 3 aliphatic rings. The molecule has 3 aliphatic carbocycles. The first-order chi connectivity index (χ1) is 24.6. The third kappa shape index (κ3) is 3.33. The van der Waals surface area contributed by atoms with Crippen molar-refractivity contribution < 1.29 is 0 Å². The molecule has 0 amide bonds. The summed E-state index contributed by atoms with van der Waals surface area (Å²) in [5.74, 6) is 0.755. The van der Waals surface area contributed by atoms with Crippen LogP contribution in [-0.2, 0) is 10.8 Å². The van der Waals surface area contributed by atoms with Crippen molar-refractivity contribution in [1.82, 2.24) is 9.97 Å². The molecular formula is C48H32N2. The predicted molar refractivity (Wildman–Crippen MR) is 204 cm³/mol. The van der Waals surface area contributed by atoms with Gasteiger partial charge in [0, 0.05) is 21.9 Å². The highest BCUT2D eigenvalue weighted by molar-refractivity contribution is 6.03. The van der Waals surface area contributed by atoms with E-state index < -0.39 is 5.41 Å². The van der Waals surface area contributed by atoms with Crippen LogP contribution >= 0.6 is 0 Å². The van der Waals surface area contributed by atoms with Crippen LogP contribution in [0.3, 0.4) is 0 Å². The lowest BCUT2D eigenvalue weighted by Crippen LogP contribution is -2.25. The lowest BCUT2D eigenvalue weighted by Gasteiger charge is -2.30. The molecule has 0 saturated heterocycles. The summed E-state index contributed by atoms with van der Waals surface area (Å²) >= 11 is 0. The zero-order valence-electron chi connectivity index (χ0n) is 27.9. The summed E-state index contributed by atoms with van der Waals surface area (Å²) in [7, 11) is 0. The van der Waals surface area contributed by atoms with Crippen LogP contribution in [0.15, 0.2) is 158 Å². The van der Waals surface area contributed by atoms with E-state index in [1.165, 1.54) is 66.8 Å². The van der Waals surface area contributed by atoms with Crippen molar-refractivity contribution in [3.63, 3.8) is 0 Å². The van der Waals surface area contributed by atoms with Gasteiger partial charge in [0.2, 0.25) is 0 Å². The molecule has 2 heteroatoms. The first kappa shape index (κ1) is 27.8. The summed E-state index contributed by atoms with van der Waals surface area (Å²) in [6.45, 7) is 4.68. The van der Waals surface area contributed by atoms with Gasteiger partial charge in [-0.15, -0.1) is 0 Å². The molecule has 50 heavy (non-hydrogen) atoms. The fourth-order valence-electron chi connectivity index (χ4n) is 9.68. The number of benzene rings is 7. The zero-order valence-corrected chi connectivity index (χ0v) is 27.9. The number of nitrogens with zero attached hydrogens (tertiary/aromatic N) is 2. The van der Waals surface area contributed by atoms with Gasteiger partial charge in [0.25, 0.3) is 0 Å². The topological polar surface area (TPSA) is 25.8 Å². The summed E-state index contributed by atoms with van der Waals surface area (Å²) in [5.41, 5.74) is 19.3. The van der Waals surface area contributed by atoms with Crippen LogP contribution in [0.25, 0.3) is 66.9 Å². The molecule has 8 aromatic rings. The Morgan fingerprint density at radius 3 is 1.52 bits per heavy atom. The molecular weight excluding hydrogens is 605 g/mol. The van der Waals surface area contributed by atoms with Crippen LogP contribution in [0.2, 0.25) is 0 Å². The number of fused-ring (bicyclic) bond motifs is 14. The predicted octanol–water partition coefficient (Wildman–Crippen LogP) is 11.6. The average molecular weight is 637 g/mol. The number of rotatable bonds is 2. The minimum atomic E-state index is -0.412. The summed E-state index contributed by atoms with van der Waals surface area (Å²) in [4.78, 5) is 10.9. The molecule has 234 valence electrons. The molecule has 7 aromatic carbocycles. The van der Waals surface area contributed by atoms with Crippen molar-refractivity contribution in [3.05, 3.63) is 191 Å². The van der Waals surface area contributed by atoms with Crippen molar-refractivity contribution >= 4 is 10.9 Å². The van der Waals surface area contributed by atoms with Gasteiger partial charge in [-0.05, 0) is 72.8 Å². The number of hydrogen-bond donors (Lipinski definition) is 0.